The highest BCUT2D eigenvalue weighted by molar-refractivity contribution is 7.95. The summed E-state index contributed by atoms with van der Waals surface area (Å²) in [6.45, 7) is 7.68. The van der Waals surface area contributed by atoms with E-state index in [0.29, 0.717) is 17.2 Å². The van der Waals surface area contributed by atoms with Crippen LogP contribution in [0.15, 0.2) is 60.0 Å². The van der Waals surface area contributed by atoms with Crippen molar-refractivity contribution in [1.29, 1.82) is 10.8 Å². The molecule has 7 nitrogen and oxygen atoms in total. The third-order valence-electron chi connectivity index (χ3n) is 7.29. The Morgan fingerprint density at radius 3 is 2.45 bits per heavy atom. The van der Waals surface area contributed by atoms with E-state index in [1.54, 1.807) is 13.0 Å². The zero-order valence-electron chi connectivity index (χ0n) is 22.1. The molecule has 1 saturated heterocycles. The lowest BCUT2D eigenvalue weighted by molar-refractivity contribution is 0.129. The Hall–Kier alpha value is -3.65. The predicted molar refractivity (Wildman–Crippen MR) is 155 cm³/mol. The van der Waals surface area contributed by atoms with Crippen molar-refractivity contribution in [3.8, 4) is 5.75 Å². The lowest BCUT2D eigenvalue weighted by Crippen LogP contribution is -2.43. The van der Waals surface area contributed by atoms with Crippen LogP contribution in [0.5, 0.6) is 5.75 Å². The Labute approximate surface area is 224 Å². The van der Waals surface area contributed by atoms with E-state index in [9.17, 15) is 8.42 Å². The van der Waals surface area contributed by atoms with Crippen molar-refractivity contribution in [3.63, 3.8) is 0 Å². The average Bonchev–Trinajstić information content (AvgIpc) is 2.90. The van der Waals surface area contributed by atoms with Gasteiger partial charge in [0.25, 0.3) is 10.0 Å². The number of amidine groups is 1. The van der Waals surface area contributed by atoms with Gasteiger partial charge in [-0.15, -0.1) is 0 Å². The van der Waals surface area contributed by atoms with Crippen molar-refractivity contribution in [2.75, 3.05) is 17.4 Å². The summed E-state index contributed by atoms with van der Waals surface area (Å²) in [4.78, 5) is 2.13. The maximum atomic E-state index is 13.0. The molecule has 8 heteroatoms. The minimum atomic E-state index is -3.62. The largest absolute Gasteiger partial charge is 0.490 e. The van der Waals surface area contributed by atoms with Gasteiger partial charge in [-0.25, -0.2) is 8.42 Å². The molecule has 1 fully saturated rings. The van der Waals surface area contributed by atoms with Crippen molar-refractivity contribution in [2.45, 2.75) is 46.3 Å². The molecule has 0 atom stereocenters. The topological polar surface area (TPSA) is 97.6 Å². The fourth-order valence-corrected chi connectivity index (χ4v) is 6.31. The van der Waals surface area contributed by atoms with Gasteiger partial charge in [0.2, 0.25) is 0 Å². The van der Waals surface area contributed by atoms with Gasteiger partial charge < -0.3 is 15.0 Å². The molecule has 2 N–H and O–H groups in total. The van der Waals surface area contributed by atoms with Gasteiger partial charge >= 0.3 is 0 Å². The number of anilines is 1. The molecule has 38 heavy (non-hydrogen) atoms. The van der Waals surface area contributed by atoms with E-state index in [-0.39, 0.29) is 18.6 Å². The monoisotopic (exact) mass is 530 g/mol. The van der Waals surface area contributed by atoms with Gasteiger partial charge in [-0.2, -0.15) is 0 Å². The molecule has 5 rings (SSSR count). The number of hydrogen-bond donors (Lipinski definition) is 2. The van der Waals surface area contributed by atoms with E-state index in [0.717, 1.165) is 59.1 Å². The number of ether oxygens (including phenoxy) is 1. The fourth-order valence-electron chi connectivity index (χ4n) is 5.08. The second kappa shape index (κ2) is 10.3. The third-order valence-corrected chi connectivity index (χ3v) is 8.71. The van der Waals surface area contributed by atoms with Gasteiger partial charge in [0.1, 0.15) is 11.9 Å². The Morgan fingerprint density at radius 2 is 1.74 bits per heavy atom. The van der Waals surface area contributed by atoms with Crippen LogP contribution in [0.4, 0.5) is 5.69 Å². The van der Waals surface area contributed by atoms with Crippen LogP contribution in [-0.4, -0.2) is 44.1 Å². The molecular formula is C30H34N4O3S. The SMILES string of the molecule is CC(=N)c1ccc2ccc(CN3c4ccc(OC5CCN(C(=N)C(C)C)CC5)cc4C=CS3(=O)=O)cc2c1. The smallest absolute Gasteiger partial charge is 0.257 e. The number of sulfonamides is 1. The Bertz CT molecular complexity index is 1540. The molecule has 0 spiro atoms. The Kier molecular flexibility index (Phi) is 7.01. The molecule has 2 heterocycles. The highest BCUT2D eigenvalue weighted by Gasteiger charge is 2.28. The number of piperidine rings is 1. The molecule has 3 aromatic rings. The molecule has 0 radical (unpaired) electrons. The summed E-state index contributed by atoms with van der Waals surface area (Å²) in [7, 11) is -3.62. The van der Waals surface area contributed by atoms with E-state index in [4.69, 9.17) is 15.6 Å². The number of rotatable bonds is 6. The molecule has 0 aromatic heterocycles. The number of likely N-dealkylation sites (tertiary alicyclic amines) is 1. The molecule has 0 bridgehead atoms. The predicted octanol–water partition coefficient (Wildman–Crippen LogP) is 6.02. The van der Waals surface area contributed by atoms with Gasteiger partial charge in [0.05, 0.1) is 23.5 Å². The second-order valence-corrected chi connectivity index (χ2v) is 12.2. The zero-order valence-corrected chi connectivity index (χ0v) is 22.9. The summed E-state index contributed by atoms with van der Waals surface area (Å²) in [5.74, 6) is 1.63. The third kappa shape index (κ3) is 5.31. The van der Waals surface area contributed by atoms with Gasteiger partial charge in [-0.3, -0.25) is 9.71 Å². The molecule has 2 aliphatic rings. The summed E-state index contributed by atoms with van der Waals surface area (Å²) in [5, 5.41) is 19.5. The normalized spacial score (nSPS) is 17.1. The van der Waals surface area contributed by atoms with E-state index in [2.05, 4.69) is 4.90 Å². The maximum Gasteiger partial charge on any atom is 0.257 e. The summed E-state index contributed by atoms with van der Waals surface area (Å²) in [6, 6.07) is 17.4. The van der Waals surface area contributed by atoms with Gasteiger partial charge in [-0.1, -0.05) is 38.1 Å². The van der Waals surface area contributed by atoms with Crippen LogP contribution in [0.25, 0.3) is 16.8 Å². The number of hydrogen-bond acceptors (Lipinski definition) is 5. The Morgan fingerprint density at radius 1 is 1.00 bits per heavy atom. The van der Waals surface area contributed by atoms with E-state index in [1.807, 2.05) is 68.4 Å². The van der Waals surface area contributed by atoms with Crippen molar-refractivity contribution >= 4 is 44.1 Å². The van der Waals surface area contributed by atoms with E-state index in [1.165, 1.54) is 9.71 Å². The molecule has 2 aliphatic heterocycles. The lowest BCUT2D eigenvalue weighted by Gasteiger charge is -2.35. The summed E-state index contributed by atoms with van der Waals surface area (Å²) in [6.07, 6.45) is 3.41. The quantitative estimate of drug-likeness (QED) is 0.301. The van der Waals surface area contributed by atoms with Crippen LogP contribution in [0.3, 0.4) is 0 Å². The number of benzene rings is 3. The summed E-state index contributed by atoms with van der Waals surface area (Å²) in [5.41, 5.74) is 3.66. The van der Waals surface area contributed by atoms with Gasteiger partial charge in [0, 0.05) is 43.1 Å². The summed E-state index contributed by atoms with van der Waals surface area (Å²) >= 11 is 0. The standard InChI is InChI=1S/C30H34N4O3S/c1-20(2)30(32)33-13-10-27(11-14-33)37-28-8-9-29-25(18-28)12-15-38(35,36)34(29)19-22-4-5-23-6-7-24(21(3)31)17-26(23)16-22/h4-9,12,15-18,20,27,31-32H,10-11,13-14,19H2,1-3H3. The first-order chi connectivity index (χ1) is 18.1. The minimum Gasteiger partial charge on any atom is -0.490 e. The maximum absolute atomic E-state index is 13.0. The van der Waals surface area contributed by atoms with E-state index < -0.39 is 10.0 Å². The highest BCUT2D eigenvalue weighted by Crippen LogP contribution is 2.35. The number of nitrogens with zero attached hydrogens (tertiary/aromatic N) is 2. The van der Waals surface area contributed by atoms with Crippen LogP contribution in [-0.2, 0) is 16.6 Å². The highest BCUT2D eigenvalue weighted by atomic mass is 32.2. The molecule has 0 unspecified atom stereocenters. The van der Waals surface area contributed by atoms with Crippen LogP contribution in [0.1, 0.15) is 50.3 Å². The van der Waals surface area contributed by atoms with Crippen LogP contribution >= 0.6 is 0 Å². The van der Waals surface area contributed by atoms with Crippen molar-refractivity contribution in [1.82, 2.24) is 4.90 Å². The molecule has 0 aliphatic carbocycles. The van der Waals surface area contributed by atoms with Gasteiger partial charge in [0.15, 0.2) is 0 Å². The Balaban J connectivity index is 1.34. The number of nitrogens with one attached hydrogen (secondary N) is 2. The van der Waals surface area contributed by atoms with E-state index >= 15 is 0 Å². The van der Waals surface area contributed by atoms with Crippen LogP contribution in [0, 0.1) is 16.7 Å². The fraction of sp³-hybridized carbons (Fsp3) is 0.333. The van der Waals surface area contributed by atoms with Crippen LogP contribution in [0.2, 0.25) is 0 Å². The first kappa shape index (κ1) is 26.0. The van der Waals surface area contributed by atoms with Gasteiger partial charge in [-0.05, 0) is 65.2 Å². The van der Waals surface area contributed by atoms with Crippen LogP contribution < -0.4 is 9.04 Å². The van der Waals surface area contributed by atoms with Crippen molar-refractivity contribution in [2.24, 2.45) is 5.92 Å². The molecule has 0 amide bonds. The lowest BCUT2D eigenvalue weighted by atomic mass is 10.0. The summed E-state index contributed by atoms with van der Waals surface area (Å²) < 4.78 is 33.8. The minimum absolute atomic E-state index is 0.0729. The first-order valence-electron chi connectivity index (χ1n) is 13.0. The average molecular weight is 531 g/mol. The first-order valence-corrected chi connectivity index (χ1v) is 14.5. The second-order valence-electron chi connectivity index (χ2n) is 10.4. The van der Waals surface area contributed by atoms with Crippen molar-refractivity contribution in [3.05, 3.63) is 76.7 Å². The molecule has 3 aromatic carbocycles. The molecule has 198 valence electrons. The molecule has 0 saturated carbocycles. The molecular weight excluding hydrogens is 496 g/mol. The number of fused-ring (bicyclic) bond motifs is 2. The van der Waals surface area contributed by atoms with Crippen molar-refractivity contribution < 1.29 is 13.2 Å². The zero-order chi connectivity index (χ0) is 27.0.